The smallest absolute Gasteiger partial charge is 0.0302 e. The first-order valence-electron chi connectivity index (χ1n) is 4.98. The van der Waals surface area contributed by atoms with Crippen LogP contribution in [0.2, 0.25) is 0 Å². The molecule has 0 spiro atoms. The predicted molar refractivity (Wildman–Crippen MR) is 53.6 cm³/mol. The molecule has 1 N–H and O–H groups in total. The Morgan fingerprint density at radius 1 is 1.62 bits per heavy atom. The van der Waals surface area contributed by atoms with Crippen LogP contribution in [0.15, 0.2) is 24.5 Å². The first kappa shape index (κ1) is 8.70. The van der Waals surface area contributed by atoms with Crippen molar-refractivity contribution in [2.45, 2.75) is 19.3 Å². The van der Waals surface area contributed by atoms with Crippen molar-refractivity contribution >= 4 is 0 Å². The van der Waals surface area contributed by atoms with Crippen LogP contribution in [0.4, 0.5) is 0 Å². The molecule has 2 nitrogen and oxygen atoms in total. The second-order valence-corrected chi connectivity index (χ2v) is 3.83. The second kappa shape index (κ2) is 3.88. The Morgan fingerprint density at radius 3 is 3.15 bits per heavy atom. The lowest BCUT2D eigenvalue weighted by Crippen LogP contribution is -2.14. The minimum atomic E-state index is 0.642. The van der Waals surface area contributed by atoms with E-state index in [4.69, 9.17) is 0 Å². The summed E-state index contributed by atoms with van der Waals surface area (Å²) in [6.07, 6.45) is 5.13. The van der Waals surface area contributed by atoms with Gasteiger partial charge in [-0.25, -0.2) is 0 Å². The summed E-state index contributed by atoms with van der Waals surface area (Å²) in [5.41, 5.74) is 1.37. The normalized spacial score (nSPS) is 24.5. The van der Waals surface area contributed by atoms with Gasteiger partial charge in [-0.15, -0.1) is 0 Å². The zero-order valence-electron chi connectivity index (χ0n) is 8.03. The molecule has 0 radical (unpaired) electrons. The van der Waals surface area contributed by atoms with Gasteiger partial charge in [0, 0.05) is 12.4 Å². The third kappa shape index (κ3) is 1.89. The molecule has 1 aromatic heterocycles. The largest absolute Gasteiger partial charge is 0.316 e. The molecule has 1 aliphatic rings. The molecule has 1 aromatic rings. The summed E-state index contributed by atoms with van der Waals surface area (Å²) in [5.74, 6) is 1.44. The Kier molecular flexibility index (Phi) is 2.60. The number of hydrogen-bond acceptors (Lipinski definition) is 2. The molecule has 2 heterocycles. The quantitative estimate of drug-likeness (QED) is 0.743. The molecular formula is C11H16N2. The fraction of sp³-hybridized carbons (Fsp3) is 0.545. The molecule has 0 aliphatic carbocycles. The van der Waals surface area contributed by atoms with Crippen LogP contribution in [-0.2, 0) is 0 Å². The number of nitrogens with zero attached hydrogens (tertiary/aromatic N) is 1. The SMILES string of the molecule is C[C@H](c1cccnc1)[C@H]1CCNC1. The van der Waals surface area contributed by atoms with Crippen LogP contribution in [0.1, 0.15) is 24.8 Å². The van der Waals surface area contributed by atoms with Gasteiger partial charge in [-0.3, -0.25) is 4.98 Å². The molecule has 70 valence electrons. The summed E-state index contributed by atoms with van der Waals surface area (Å²) < 4.78 is 0. The zero-order valence-corrected chi connectivity index (χ0v) is 8.03. The Labute approximate surface area is 79.4 Å². The number of aromatic nitrogens is 1. The van der Waals surface area contributed by atoms with Crippen molar-refractivity contribution in [1.82, 2.24) is 10.3 Å². The van der Waals surface area contributed by atoms with Gasteiger partial charge in [0.15, 0.2) is 0 Å². The van der Waals surface area contributed by atoms with Gasteiger partial charge in [0.25, 0.3) is 0 Å². The highest BCUT2D eigenvalue weighted by atomic mass is 14.9. The van der Waals surface area contributed by atoms with Gasteiger partial charge in [0.2, 0.25) is 0 Å². The maximum atomic E-state index is 4.16. The van der Waals surface area contributed by atoms with E-state index in [0.29, 0.717) is 5.92 Å². The maximum absolute atomic E-state index is 4.16. The Hall–Kier alpha value is -0.890. The van der Waals surface area contributed by atoms with Gasteiger partial charge in [-0.2, -0.15) is 0 Å². The van der Waals surface area contributed by atoms with E-state index in [9.17, 15) is 0 Å². The summed E-state index contributed by atoms with van der Waals surface area (Å²) >= 11 is 0. The van der Waals surface area contributed by atoms with E-state index >= 15 is 0 Å². The topological polar surface area (TPSA) is 24.9 Å². The monoisotopic (exact) mass is 176 g/mol. The van der Waals surface area contributed by atoms with Crippen LogP contribution in [0.5, 0.6) is 0 Å². The van der Waals surface area contributed by atoms with E-state index in [1.807, 2.05) is 18.5 Å². The molecule has 0 unspecified atom stereocenters. The van der Waals surface area contributed by atoms with Gasteiger partial charge >= 0.3 is 0 Å². The van der Waals surface area contributed by atoms with Crippen LogP contribution in [0, 0.1) is 5.92 Å². The Balaban J connectivity index is 2.08. The minimum absolute atomic E-state index is 0.642. The van der Waals surface area contributed by atoms with Crippen molar-refractivity contribution in [3.8, 4) is 0 Å². The standard InChI is InChI=1S/C11H16N2/c1-9(11-4-6-13-8-11)10-3-2-5-12-7-10/h2-3,5,7,9,11,13H,4,6,8H2,1H3/t9-,11+/m1/s1. The van der Waals surface area contributed by atoms with Crippen molar-refractivity contribution in [2.75, 3.05) is 13.1 Å². The number of pyridine rings is 1. The number of nitrogens with one attached hydrogen (secondary N) is 1. The first-order valence-corrected chi connectivity index (χ1v) is 4.98. The van der Waals surface area contributed by atoms with Crippen LogP contribution < -0.4 is 5.32 Å². The maximum Gasteiger partial charge on any atom is 0.0302 e. The Morgan fingerprint density at radius 2 is 2.54 bits per heavy atom. The molecule has 1 fully saturated rings. The molecule has 1 aliphatic heterocycles. The van der Waals surface area contributed by atoms with Crippen molar-refractivity contribution in [3.05, 3.63) is 30.1 Å². The summed E-state index contributed by atoms with van der Waals surface area (Å²) in [4.78, 5) is 4.16. The molecule has 2 rings (SSSR count). The average Bonchev–Trinajstić information content (AvgIpc) is 2.71. The lowest BCUT2D eigenvalue weighted by atomic mass is 9.88. The summed E-state index contributed by atoms with van der Waals surface area (Å²) in [6.45, 7) is 4.64. The van der Waals surface area contributed by atoms with Crippen LogP contribution >= 0.6 is 0 Å². The molecule has 0 bridgehead atoms. The second-order valence-electron chi connectivity index (χ2n) is 3.83. The van der Waals surface area contributed by atoms with Crippen molar-refractivity contribution in [3.63, 3.8) is 0 Å². The first-order chi connectivity index (χ1) is 6.38. The number of hydrogen-bond donors (Lipinski definition) is 1. The highest BCUT2D eigenvalue weighted by Gasteiger charge is 2.22. The molecular weight excluding hydrogens is 160 g/mol. The highest BCUT2D eigenvalue weighted by molar-refractivity contribution is 5.15. The molecule has 2 heteroatoms. The Bertz CT molecular complexity index is 252. The highest BCUT2D eigenvalue weighted by Crippen LogP contribution is 2.27. The fourth-order valence-electron chi connectivity index (χ4n) is 2.02. The van der Waals surface area contributed by atoms with Crippen LogP contribution in [0.3, 0.4) is 0 Å². The third-order valence-corrected chi connectivity index (χ3v) is 3.02. The van der Waals surface area contributed by atoms with E-state index in [1.54, 1.807) is 0 Å². The van der Waals surface area contributed by atoms with Crippen molar-refractivity contribution in [1.29, 1.82) is 0 Å². The van der Waals surface area contributed by atoms with E-state index in [2.05, 4.69) is 23.3 Å². The summed E-state index contributed by atoms with van der Waals surface area (Å²) in [6, 6.07) is 4.20. The fourth-order valence-corrected chi connectivity index (χ4v) is 2.02. The lowest BCUT2D eigenvalue weighted by Gasteiger charge is -2.17. The lowest BCUT2D eigenvalue weighted by molar-refractivity contribution is 0.486. The zero-order chi connectivity index (χ0) is 9.10. The van der Waals surface area contributed by atoms with Gasteiger partial charge < -0.3 is 5.32 Å². The third-order valence-electron chi connectivity index (χ3n) is 3.02. The van der Waals surface area contributed by atoms with Gasteiger partial charge in [0.1, 0.15) is 0 Å². The summed E-state index contributed by atoms with van der Waals surface area (Å²) in [5, 5.41) is 3.40. The van der Waals surface area contributed by atoms with Crippen LogP contribution in [-0.4, -0.2) is 18.1 Å². The van der Waals surface area contributed by atoms with E-state index < -0.39 is 0 Å². The average molecular weight is 176 g/mol. The van der Waals surface area contributed by atoms with Crippen molar-refractivity contribution in [2.24, 2.45) is 5.92 Å². The predicted octanol–water partition coefficient (Wildman–Crippen LogP) is 1.79. The van der Waals surface area contributed by atoms with E-state index in [1.165, 1.54) is 18.5 Å². The number of rotatable bonds is 2. The molecule has 1 saturated heterocycles. The molecule has 0 saturated carbocycles. The van der Waals surface area contributed by atoms with Crippen LogP contribution in [0.25, 0.3) is 0 Å². The molecule has 0 amide bonds. The molecule has 0 aromatic carbocycles. The molecule has 13 heavy (non-hydrogen) atoms. The molecule has 2 atom stereocenters. The van der Waals surface area contributed by atoms with Gasteiger partial charge in [-0.05, 0) is 43.0 Å². The summed E-state index contributed by atoms with van der Waals surface area (Å²) in [7, 11) is 0. The minimum Gasteiger partial charge on any atom is -0.316 e. The van der Waals surface area contributed by atoms with Gasteiger partial charge in [0.05, 0.1) is 0 Å². The van der Waals surface area contributed by atoms with Crippen molar-refractivity contribution < 1.29 is 0 Å². The van der Waals surface area contributed by atoms with E-state index in [-0.39, 0.29) is 0 Å². The van der Waals surface area contributed by atoms with Gasteiger partial charge in [-0.1, -0.05) is 13.0 Å². The van der Waals surface area contributed by atoms with E-state index in [0.717, 1.165) is 12.5 Å².